The third-order valence-corrected chi connectivity index (χ3v) is 2.49. The smallest absolute Gasteiger partial charge is 0.329 e. The van der Waals surface area contributed by atoms with E-state index in [2.05, 4.69) is 16.0 Å². The molecular weight excluding hydrogens is 258 g/mol. The molecule has 0 aliphatic rings. The number of terminal acetylenes is 1. The van der Waals surface area contributed by atoms with E-state index in [4.69, 9.17) is 11.2 Å². The molecule has 0 aromatic heterocycles. The lowest BCUT2D eigenvalue weighted by Gasteiger charge is -2.14. The van der Waals surface area contributed by atoms with Crippen molar-refractivity contribution in [1.29, 1.82) is 0 Å². The van der Waals surface area contributed by atoms with E-state index in [9.17, 15) is 9.59 Å². The molecule has 0 radical (unpaired) electrons. The Morgan fingerprint density at radius 2 is 2.05 bits per heavy atom. The highest BCUT2D eigenvalue weighted by Crippen LogP contribution is 2.00. The summed E-state index contributed by atoms with van der Waals surface area (Å²) in [7, 11) is 1.24. The zero-order valence-corrected chi connectivity index (χ0v) is 11.3. The van der Waals surface area contributed by atoms with Crippen molar-refractivity contribution in [1.82, 2.24) is 5.32 Å². The Bertz CT molecular complexity index is 478. The third kappa shape index (κ3) is 5.55. The van der Waals surface area contributed by atoms with Crippen molar-refractivity contribution in [3.05, 3.63) is 35.9 Å². The minimum atomic E-state index is -0.835. The van der Waals surface area contributed by atoms with Crippen molar-refractivity contribution in [3.63, 3.8) is 0 Å². The predicted molar refractivity (Wildman–Crippen MR) is 73.5 cm³/mol. The van der Waals surface area contributed by atoms with Crippen LogP contribution in [0.2, 0.25) is 0 Å². The van der Waals surface area contributed by atoms with Gasteiger partial charge in [-0.25, -0.2) is 4.79 Å². The van der Waals surface area contributed by atoms with Gasteiger partial charge in [0, 0.05) is 6.42 Å². The fourth-order valence-corrected chi connectivity index (χ4v) is 1.53. The van der Waals surface area contributed by atoms with Crippen molar-refractivity contribution in [3.8, 4) is 12.3 Å². The largest absolute Gasteiger partial charge is 0.467 e. The molecule has 1 rings (SSSR count). The summed E-state index contributed by atoms with van der Waals surface area (Å²) in [6, 6.07) is 8.63. The Morgan fingerprint density at radius 1 is 1.35 bits per heavy atom. The van der Waals surface area contributed by atoms with Gasteiger partial charge in [-0.3, -0.25) is 4.79 Å². The van der Waals surface area contributed by atoms with E-state index >= 15 is 0 Å². The monoisotopic (exact) mass is 275 g/mol. The zero-order valence-electron chi connectivity index (χ0n) is 11.3. The fraction of sp³-hybridized carbons (Fsp3) is 0.333. The highest BCUT2D eigenvalue weighted by Gasteiger charge is 2.20. The van der Waals surface area contributed by atoms with Crippen molar-refractivity contribution in [2.24, 2.45) is 0 Å². The maximum absolute atomic E-state index is 11.6. The quantitative estimate of drug-likeness (QED) is 0.593. The molecule has 0 spiro atoms. The van der Waals surface area contributed by atoms with Gasteiger partial charge in [-0.1, -0.05) is 30.3 Å². The number of benzene rings is 1. The van der Waals surface area contributed by atoms with Crippen molar-refractivity contribution in [2.75, 3.05) is 13.7 Å². The van der Waals surface area contributed by atoms with Crippen LogP contribution in [0.3, 0.4) is 0 Å². The van der Waals surface area contributed by atoms with Crippen LogP contribution in [0.25, 0.3) is 0 Å². The molecule has 0 fully saturated rings. The molecule has 106 valence electrons. The summed E-state index contributed by atoms with van der Waals surface area (Å²) in [5.74, 6) is 1.33. The number of rotatable bonds is 7. The van der Waals surface area contributed by atoms with E-state index in [-0.39, 0.29) is 13.0 Å². The highest BCUT2D eigenvalue weighted by atomic mass is 16.5. The van der Waals surface area contributed by atoms with E-state index in [0.717, 1.165) is 5.56 Å². The van der Waals surface area contributed by atoms with Crippen LogP contribution in [0, 0.1) is 12.3 Å². The van der Waals surface area contributed by atoms with Gasteiger partial charge in [0.25, 0.3) is 0 Å². The Morgan fingerprint density at radius 3 is 2.65 bits per heavy atom. The van der Waals surface area contributed by atoms with Crippen LogP contribution in [0.1, 0.15) is 12.0 Å². The Balaban J connectivity index is 2.35. The number of nitrogens with one attached hydrogen (secondary N) is 1. The summed E-state index contributed by atoms with van der Waals surface area (Å²) in [5, 5.41) is 2.47. The predicted octanol–water partition coefficient (Wildman–Crippen LogP) is 0.884. The van der Waals surface area contributed by atoms with Crippen LogP contribution < -0.4 is 5.32 Å². The highest BCUT2D eigenvalue weighted by molar-refractivity contribution is 5.85. The van der Waals surface area contributed by atoms with Gasteiger partial charge in [0.1, 0.15) is 12.6 Å². The van der Waals surface area contributed by atoms with Crippen LogP contribution in [-0.2, 0) is 25.7 Å². The first-order valence-electron chi connectivity index (χ1n) is 6.09. The van der Waals surface area contributed by atoms with Crippen LogP contribution >= 0.6 is 0 Å². The number of hydrogen-bond donors (Lipinski definition) is 1. The summed E-state index contributed by atoms with van der Waals surface area (Å²) in [6.45, 7) is 0.180. The average molecular weight is 275 g/mol. The number of carbonyl (C=O) groups excluding carboxylic acids is 2. The topological polar surface area (TPSA) is 64.6 Å². The number of carbonyl (C=O) groups is 2. The number of methoxy groups -OCH3 is 1. The third-order valence-electron chi connectivity index (χ3n) is 2.49. The molecule has 1 aromatic rings. The number of ether oxygens (including phenoxy) is 2. The maximum atomic E-state index is 11.6. The SMILES string of the molecule is C#CC[C@@H](NC(=O)COCc1ccccc1)C(=O)OC. The van der Waals surface area contributed by atoms with E-state index in [0.29, 0.717) is 6.61 Å². The summed E-state index contributed by atoms with van der Waals surface area (Å²) >= 11 is 0. The molecule has 0 aliphatic carbocycles. The molecule has 0 saturated carbocycles. The standard InChI is InChI=1S/C15H17NO4/c1-3-7-13(15(18)19-2)16-14(17)11-20-10-12-8-5-4-6-9-12/h1,4-6,8-9,13H,7,10-11H2,2H3,(H,16,17)/t13-/m1/s1. The van der Waals surface area contributed by atoms with Gasteiger partial charge in [0.2, 0.25) is 5.91 Å². The lowest BCUT2D eigenvalue weighted by molar-refractivity contribution is -0.145. The molecule has 0 aliphatic heterocycles. The lowest BCUT2D eigenvalue weighted by Crippen LogP contribution is -2.42. The second-order valence-electron chi connectivity index (χ2n) is 4.03. The van der Waals surface area contributed by atoms with Crippen LogP contribution in [-0.4, -0.2) is 31.6 Å². The summed E-state index contributed by atoms with van der Waals surface area (Å²) in [4.78, 5) is 23.0. The Labute approximate surface area is 118 Å². The van der Waals surface area contributed by atoms with E-state index in [1.165, 1.54) is 7.11 Å². The Kier molecular flexibility index (Phi) is 6.87. The van der Waals surface area contributed by atoms with Gasteiger partial charge < -0.3 is 14.8 Å². The molecule has 0 saturated heterocycles. The van der Waals surface area contributed by atoms with E-state index in [1.54, 1.807) is 0 Å². The van der Waals surface area contributed by atoms with Crippen molar-refractivity contribution >= 4 is 11.9 Å². The molecule has 1 aromatic carbocycles. The van der Waals surface area contributed by atoms with E-state index < -0.39 is 17.9 Å². The van der Waals surface area contributed by atoms with Gasteiger partial charge in [0.15, 0.2) is 0 Å². The zero-order chi connectivity index (χ0) is 14.8. The molecule has 0 unspecified atom stereocenters. The molecule has 1 N–H and O–H groups in total. The average Bonchev–Trinajstić information content (AvgIpc) is 2.47. The number of hydrogen-bond acceptors (Lipinski definition) is 4. The first-order valence-corrected chi connectivity index (χ1v) is 6.09. The molecule has 5 nitrogen and oxygen atoms in total. The number of amides is 1. The summed E-state index contributed by atoms with van der Waals surface area (Å²) in [6.07, 6.45) is 5.21. The van der Waals surface area contributed by atoms with Gasteiger partial charge in [0.05, 0.1) is 13.7 Å². The molecule has 1 atom stereocenters. The van der Waals surface area contributed by atoms with Gasteiger partial charge in [-0.15, -0.1) is 12.3 Å². The van der Waals surface area contributed by atoms with Crippen LogP contribution in [0.15, 0.2) is 30.3 Å². The minimum Gasteiger partial charge on any atom is -0.467 e. The molecule has 1 amide bonds. The van der Waals surface area contributed by atoms with Crippen LogP contribution in [0.5, 0.6) is 0 Å². The molecular formula is C15H17NO4. The second-order valence-corrected chi connectivity index (χ2v) is 4.03. The molecule has 20 heavy (non-hydrogen) atoms. The first-order chi connectivity index (χ1) is 9.67. The lowest BCUT2D eigenvalue weighted by atomic mass is 10.2. The normalized spacial score (nSPS) is 11.2. The summed E-state index contributed by atoms with van der Waals surface area (Å²) < 4.78 is 9.81. The maximum Gasteiger partial charge on any atom is 0.329 e. The molecule has 0 bridgehead atoms. The van der Waals surface area contributed by atoms with Gasteiger partial charge in [-0.2, -0.15) is 0 Å². The van der Waals surface area contributed by atoms with Gasteiger partial charge in [-0.05, 0) is 5.56 Å². The number of esters is 1. The van der Waals surface area contributed by atoms with Crippen molar-refractivity contribution < 1.29 is 19.1 Å². The molecule has 5 heteroatoms. The van der Waals surface area contributed by atoms with E-state index in [1.807, 2.05) is 30.3 Å². The Hall–Kier alpha value is -2.32. The van der Waals surface area contributed by atoms with Crippen LogP contribution in [0.4, 0.5) is 0 Å². The second kappa shape index (κ2) is 8.73. The molecule has 0 heterocycles. The minimum absolute atomic E-state index is 0.0805. The van der Waals surface area contributed by atoms with Crippen molar-refractivity contribution in [2.45, 2.75) is 19.1 Å². The first kappa shape index (κ1) is 15.7. The summed E-state index contributed by atoms with van der Waals surface area (Å²) in [5.41, 5.74) is 0.966. The van der Waals surface area contributed by atoms with Gasteiger partial charge >= 0.3 is 5.97 Å². The fourth-order valence-electron chi connectivity index (χ4n) is 1.53.